The van der Waals surface area contributed by atoms with Gasteiger partial charge in [0, 0.05) is 13.1 Å². The van der Waals surface area contributed by atoms with Crippen molar-refractivity contribution >= 4 is 11.0 Å². The van der Waals surface area contributed by atoms with Crippen LogP contribution in [-0.4, -0.2) is 21.6 Å². The summed E-state index contributed by atoms with van der Waals surface area (Å²) in [5, 5.41) is 0. The van der Waals surface area contributed by atoms with E-state index >= 15 is 0 Å². The number of benzene rings is 1. The Hall–Kier alpha value is -0.740. The van der Waals surface area contributed by atoms with Crippen LogP contribution < -0.4 is 0 Å². The first-order valence-corrected chi connectivity index (χ1v) is 7.30. The summed E-state index contributed by atoms with van der Waals surface area (Å²) in [6.07, 6.45) is 2.21. The standard InChI is InChI=1S/C13H18FNOS/c1-11-5-7-15(8-6-11)17(16)10-12-3-2-4-13(14)9-12/h2-4,9,11H,5-8,10H2,1H3. The van der Waals surface area contributed by atoms with E-state index in [1.54, 1.807) is 6.07 Å². The second-order valence-electron chi connectivity index (χ2n) is 4.71. The minimum absolute atomic E-state index is 0.258. The fourth-order valence-corrected chi connectivity index (χ4v) is 3.31. The number of nitrogens with zero attached hydrogens (tertiary/aromatic N) is 1. The van der Waals surface area contributed by atoms with Crippen LogP contribution in [0.5, 0.6) is 0 Å². The maximum atomic E-state index is 13.0. The predicted octanol–water partition coefficient (Wildman–Crippen LogP) is 2.72. The molecule has 1 aliphatic heterocycles. The van der Waals surface area contributed by atoms with Gasteiger partial charge >= 0.3 is 0 Å². The van der Waals surface area contributed by atoms with Gasteiger partial charge < -0.3 is 0 Å². The van der Waals surface area contributed by atoms with Gasteiger partial charge in [0.1, 0.15) is 5.82 Å². The first kappa shape index (κ1) is 12.7. The Balaban J connectivity index is 1.93. The van der Waals surface area contributed by atoms with Gasteiger partial charge in [0.15, 0.2) is 0 Å². The second kappa shape index (κ2) is 5.74. The number of hydrogen-bond acceptors (Lipinski definition) is 1. The van der Waals surface area contributed by atoms with E-state index in [4.69, 9.17) is 0 Å². The van der Waals surface area contributed by atoms with Crippen LogP contribution in [0.4, 0.5) is 4.39 Å². The van der Waals surface area contributed by atoms with Crippen molar-refractivity contribution in [2.75, 3.05) is 13.1 Å². The van der Waals surface area contributed by atoms with Crippen molar-refractivity contribution < 1.29 is 8.60 Å². The van der Waals surface area contributed by atoms with Crippen LogP contribution in [0.25, 0.3) is 0 Å². The summed E-state index contributed by atoms with van der Waals surface area (Å²) in [6, 6.07) is 6.37. The molecule has 1 aromatic carbocycles. The summed E-state index contributed by atoms with van der Waals surface area (Å²) in [6.45, 7) is 4.01. The quantitative estimate of drug-likeness (QED) is 0.813. The van der Waals surface area contributed by atoms with E-state index in [2.05, 4.69) is 6.92 Å². The molecule has 2 nitrogen and oxygen atoms in total. The van der Waals surface area contributed by atoms with E-state index in [-0.39, 0.29) is 5.82 Å². The normalized spacial score (nSPS) is 20.4. The molecular weight excluding hydrogens is 237 g/mol. The maximum absolute atomic E-state index is 13.0. The molecule has 17 heavy (non-hydrogen) atoms. The topological polar surface area (TPSA) is 20.3 Å². The lowest BCUT2D eigenvalue weighted by molar-refractivity contribution is 0.299. The molecule has 0 spiro atoms. The molecule has 1 fully saturated rings. The van der Waals surface area contributed by atoms with Crippen molar-refractivity contribution in [1.82, 2.24) is 4.31 Å². The summed E-state index contributed by atoms with van der Waals surface area (Å²) in [5.74, 6) is 0.899. The minimum Gasteiger partial charge on any atom is -0.242 e. The van der Waals surface area contributed by atoms with Crippen molar-refractivity contribution in [3.05, 3.63) is 35.6 Å². The molecule has 0 radical (unpaired) electrons. The molecule has 1 heterocycles. The molecule has 0 bridgehead atoms. The lowest BCUT2D eigenvalue weighted by Crippen LogP contribution is -2.34. The van der Waals surface area contributed by atoms with E-state index < -0.39 is 11.0 Å². The molecule has 0 aliphatic carbocycles. The Kier molecular flexibility index (Phi) is 4.29. The minimum atomic E-state index is -1.01. The van der Waals surface area contributed by atoms with Gasteiger partial charge in [-0.3, -0.25) is 0 Å². The van der Waals surface area contributed by atoms with Gasteiger partial charge in [-0.1, -0.05) is 19.1 Å². The Morgan fingerprint density at radius 1 is 1.41 bits per heavy atom. The summed E-state index contributed by atoms with van der Waals surface area (Å²) in [4.78, 5) is 0. The molecular formula is C13H18FNOS. The molecule has 0 aromatic heterocycles. The predicted molar refractivity (Wildman–Crippen MR) is 68.2 cm³/mol. The summed E-state index contributed by atoms with van der Waals surface area (Å²) < 4.78 is 27.1. The lowest BCUT2D eigenvalue weighted by atomic mass is 10.0. The molecule has 2 rings (SSSR count). The second-order valence-corrected chi connectivity index (χ2v) is 6.16. The van der Waals surface area contributed by atoms with Crippen LogP contribution in [0.15, 0.2) is 24.3 Å². The first-order chi connectivity index (χ1) is 8.15. The average molecular weight is 255 g/mol. The molecule has 1 aliphatic rings. The van der Waals surface area contributed by atoms with Crippen molar-refractivity contribution in [3.8, 4) is 0 Å². The third-order valence-corrected chi connectivity index (χ3v) is 4.73. The number of hydrogen-bond donors (Lipinski definition) is 0. The van der Waals surface area contributed by atoms with Crippen LogP contribution in [-0.2, 0) is 16.7 Å². The third kappa shape index (κ3) is 3.61. The SMILES string of the molecule is CC1CCN(S(=O)Cc2cccc(F)c2)CC1. The summed E-state index contributed by atoms with van der Waals surface area (Å²) in [7, 11) is -1.01. The van der Waals surface area contributed by atoms with Gasteiger partial charge in [-0.2, -0.15) is 0 Å². The van der Waals surface area contributed by atoms with Crippen LogP contribution in [0.1, 0.15) is 25.3 Å². The molecule has 0 saturated carbocycles. The van der Waals surface area contributed by atoms with E-state index in [0.717, 1.165) is 37.4 Å². The molecule has 1 saturated heterocycles. The Morgan fingerprint density at radius 2 is 2.12 bits per heavy atom. The zero-order valence-electron chi connectivity index (χ0n) is 10.1. The highest BCUT2D eigenvalue weighted by atomic mass is 32.2. The highest BCUT2D eigenvalue weighted by molar-refractivity contribution is 7.81. The van der Waals surface area contributed by atoms with Crippen LogP contribution in [0, 0.1) is 11.7 Å². The van der Waals surface area contributed by atoms with Crippen molar-refractivity contribution in [2.45, 2.75) is 25.5 Å². The van der Waals surface area contributed by atoms with Gasteiger partial charge in [-0.05, 0) is 36.5 Å². The molecule has 0 N–H and O–H groups in total. The highest BCUT2D eigenvalue weighted by Gasteiger charge is 2.20. The van der Waals surface area contributed by atoms with Gasteiger partial charge in [0.2, 0.25) is 0 Å². The average Bonchev–Trinajstić information content (AvgIpc) is 2.29. The largest absolute Gasteiger partial charge is 0.242 e. The highest BCUT2D eigenvalue weighted by Crippen LogP contribution is 2.19. The molecule has 1 aromatic rings. The Morgan fingerprint density at radius 3 is 2.76 bits per heavy atom. The van der Waals surface area contributed by atoms with Gasteiger partial charge in [-0.15, -0.1) is 0 Å². The number of halogens is 1. The monoisotopic (exact) mass is 255 g/mol. The molecule has 1 unspecified atom stereocenters. The summed E-state index contributed by atoms with van der Waals surface area (Å²) in [5.41, 5.74) is 0.807. The zero-order valence-corrected chi connectivity index (χ0v) is 10.9. The molecule has 4 heteroatoms. The van der Waals surface area contributed by atoms with Crippen LogP contribution in [0.2, 0.25) is 0 Å². The Bertz CT molecular complexity index is 402. The van der Waals surface area contributed by atoms with E-state index in [9.17, 15) is 8.60 Å². The Labute approximate surface area is 104 Å². The van der Waals surface area contributed by atoms with Gasteiger partial charge in [-0.25, -0.2) is 12.9 Å². The van der Waals surface area contributed by atoms with Gasteiger partial charge in [0.25, 0.3) is 0 Å². The van der Waals surface area contributed by atoms with Crippen molar-refractivity contribution in [1.29, 1.82) is 0 Å². The fraction of sp³-hybridized carbons (Fsp3) is 0.538. The van der Waals surface area contributed by atoms with Crippen LogP contribution in [0.3, 0.4) is 0 Å². The van der Waals surface area contributed by atoms with Crippen molar-refractivity contribution in [3.63, 3.8) is 0 Å². The van der Waals surface area contributed by atoms with E-state index in [0.29, 0.717) is 5.75 Å². The first-order valence-electron chi connectivity index (χ1n) is 6.03. The number of rotatable bonds is 3. The maximum Gasteiger partial charge on any atom is 0.123 e. The summed E-state index contributed by atoms with van der Waals surface area (Å²) >= 11 is 0. The molecule has 1 atom stereocenters. The fourth-order valence-electron chi connectivity index (χ4n) is 2.05. The zero-order chi connectivity index (χ0) is 12.3. The molecule has 0 amide bonds. The number of piperidine rings is 1. The lowest BCUT2D eigenvalue weighted by Gasteiger charge is -2.28. The van der Waals surface area contributed by atoms with Crippen molar-refractivity contribution in [2.24, 2.45) is 5.92 Å². The van der Waals surface area contributed by atoms with Crippen LogP contribution >= 0.6 is 0 Å². The third-order valence-electron chi connectivity index (χ3n) is 3.21. The van der Waals surface area contributed by atoms with Gasteiger partial charge in [0.05, 0.1) is 16.7 Å². The molecule has 94 valence electrons. The smallest absolute Gasteiger partial charge is 0.123 e. The van der Waals surface area contributed by atoms with E-state index in [1.807, 2.05) is 10.4 Å². The van der Waals surface area contributed by atoms with E-state index in [1.165, 1.54) is 12.1 Å².